The van der Waals surface area contributed by atoms with Crippen molar-refractivity contribution in [3.05, 3.63) is 0 Å². The number of rotatable bonds is 2. The molecule has 1 heterocycles. The average molecular weight is 168 g/mol. The summed E-state index contributed by atoms with van der Waals surface area (Å²) in [7, 11) is 1.95. The summed E-state index contributed by atoms with van der Waals surface area (Å²) in [6.07, 6.45) is 1.34. The monoisotopic (exact) mass is 168 g/mol. The van der Waals surface area contributed by atoms with Crippen molar-refractivity contribution in [3.63, 3.8) is 0 Å². The maximum Gasteiger partial charge on any atom is 0.219 e. The van der Waals surface area contributed by atoms with E-state index in [1.54, 1.807) is 6.92 Å². The van der Waals surface area contributed by atoms with Gasteiger partial charge in [0.1, 0.15) is 0 Å². The number of likely N-dealkylation sites (tertiary alicyclic amines) is 1. The average Bonchev–Trinajstić information content (AvgIpc) is 2.69. The third-order valence-corrected chi connectivity index (χ3v) is 3.12. The van der Waals surface area contributed by atoms with E-state index in [1.807, 2.05) is 11.9 Å². The number of piperidine rings is 1. The molecule has 12 heavy (non-hydrogen) atoms. The lowest BCUT2D eigenvalue weighted by Crippen LogP contribution is -2.42. The van der Waals surface area contributed by atoms with E-state index in [2.05, 4.69) is 5.32 Å². The van der Waals surface area contributed by atoms with Crippen molar-refractivity contribution >= 4 is 5.91 Å². The lowest BCUT2D eigenvalue weighted by Gasteiger charge is -2.25. The highest BCUT2D eigenvalue weighted by Gasteiger charge is 2.52. The Hall–Kier alpha value is -0.570. The van der Waals surface area contributed by atoms with E-state index in [4.69, 9.17) is 0 Å². The summed E-state index contributed by atoms with van der Waals surface area (Å²) in [6.45, 7) is 3.64. The Morgan fingerprint density at radius 3 is 3.00 bits per heavy atom. The number of carbonyl (C=O) groups is 1. The van der Waals surface area contributed by atoms with Crippen LogP contribution in [0, 0.1) is 11.8 Å². The summed E-state index contributed by atoms with van der Waals surface area (Å²) in [6, 6.07) is 0.484. The second-order valence-electron chi connectivity index (χ2n) is 3.96. The number of hydrogen-bond acceptors (Lipinski definition) is 2. The van der Waals surface area contributed by atoms with Gasteiger partial charge in [-0.3, -0.25) is 4.79 Å². The Kier molecular flexibility index (Phi) is 1.83. The van der Waals surface area contributed by atoms with Crippen LogP contribution in [0.4, 0.5) is 0 Å². The molecule has 3 atom stereocenters. The molecule has 0 radical (unpaired) electrons. The third-order valence-electron chi connectivity index (χ3n) is 3.12. The van der Waals surface area contributed by atoms with E-state index in [0.29, 0.717) is 6.04 Å². The number of amides is 1. The second-order valence-corrected chi connectivity index (χ2v) is 3.96. The summed E-state index contributed by atoms with van der Waals surface area (Å²) >= 11 is 0. The Morgan fingerprint density at radius 1 is 1.67 bits per heavy atom. The molecular formula is C9H16N2O. The second kappa shape index (κ2) is 2.73. The van der Waals surface area contributed by atoms with Crippen LogP contribution >= 0.6 is 0 Å². The first-order valence-corrected chi connectivity index (χ1v) is 4.66. The van der Waals surface area contributed by atoms with Crippen LogP contribution in [0.5, 0.6) is 0 Å². The maximum atomic E-state index is 11.2. The quantitative estimate of drug-likeness (QED) is 0.633. The molecule has 0 aromatic carbocycles. The Balaban J connectivity index is 2.01. The van der Waals surface area contributed by atoms with Crippen LogP contribution in [0.3, 0.4) is 0 Å². The minimum absolute atomic E-state index is 0.238. The van der Waals surface area contributed by atoms with E-state index < -0.39 is 0 Å². The van der Waals surface area contributed by atoms with E-state index in [9.17, 15) is 4.79 Å². The van der Waals surface area contributed by atoms with Crippen molar-refractivity contribution in [3.8, 4) is 0 Å². The lowest BCUT2D eigenvalue weighted by atomic mass is 10.2. The van der Waals surface area contributed by atoms with E-state index in [0.717, 1.165) is 24.9 Å². The molecule has 3 nitrogen and oxygen atoms in total. The third kappa shape index (κ3) is 1.12. The van der Waals surface area contributed by atoms with E-state index in [1.165, 1.54) is 6.42 Å². The molecule has 3 unspecified atom stereocenters. The van der Waals surface area contributed by atoms with Crippen molar-refractivity contribution in [2.24, 2.45) is 11.8 Å². The number of likely N-dealkylation sites (N-methyl/N-ethyl adjacent to an activating group) is 1. The number of nitrogens with one attached hydrogen (secondary N) is 1. The predicted octanol–water partition coefficient (Wildman–Crippen LogP) is 0.0726. The smallest absolute Gasteiger partial charge is 0.219 e. The first-order chi connectivity index (χ1) is 5.74. The highest BCUT2D eigenvalue weighted by atomic mass is 16.2. The summed E-state index contributed by atoms with van der Waals surface area (Å²) in [5.41, 5.74) is 0. The molecule has 2 fully saturated rings. The molecule has 0 bridgehead atoms. The number of carbonyl (C=O) groups excluding carboxylic acids is 1. The van der Waals surface area contributed by atoms with Crippen LogP contribution in [0.1, 0.15) is 13.3 Å². The fraction of sp³-hybridized carbons (Fsp3) is 0.889. The van der Waals surface area contributed by atoms with Gasteiger partial charge in [0, 0.05) is 26.1 Å². The molecule has 1 aliphatic carbocycles. The number of nitrogens with zero attached hydrogens (tertiary/aromatic N) is 1. The molecular weight excluding hydrogens is 152 g/mol. The van der Waals surface area contributed by atoms with Gasteiger partial charge in [0.15, 0.2) is 0 Å². The topological polar surface area (TPSA) is 32.3 Å². The van der Waals surface area contributed by atoms with Crippen molar-refractivity contribution in [1.29, 1.82) is 0 Å². The summed E-state index contributed by atoms with van der Waals surface area (Å²) in [4.78, 5) is 13.2. The Bertz CT molecular complexity index is 205. The zero-order valence-corrected chi connectivity index (χ0v) is 7.71. The van der Waals surface area contributed by atoms with Gasteiger partial charge >= 0.3 is 0 Å². The standard InChI is InChI=1S/C9H16N2O/c1-6(12)11-5-7-3-8(7)9(11)4-10-2/h7-10H,3-5H2,1-2H3. The number of hydrogen-bond donors (Lipinski definition) is 1. The van der Waals surface area contributed by atoms with Crippen molar-refractivity contribution < 1.29 is 4.79 Å². The molecule has 2 aliphatic rings. The van der Waals surface area contributed by atoms with Gasteiger partial charge in [-0.25, -0.2) is 0 Å². The first-order valence-electron chi connectivity index (χ1n) is 4.66. The molecule has 1 aliphatic heterocycles. The summed E-state index contributed by atoms with van der Waals surface area (Å²) in [5, 5.41) is 3.16. The van der Waals surface area contributed by atoms with Crippen molar-refractivity contribution in [2.75, 3.05) is 20.1 Å². The molecule has 0 aromatic rings. The van der Waals surface area contributed by atoms with Gasteiger partial charge in [0.25, 0.3) is 0 Å². The lowest BCUT2D eigenvalue weighted by molar-refractivity contribution is -0.130. The highest BCUT2D eigenvalue weighted by molar-refractivity contribution is 5.74. The molecule has 1 saturated heterocycles. The van der Waals surface area contributed by atoms with Gasteiger partial charge in [0.2, 0.25) is 5.91 Å². The fourth-order valence-electron chi connectivity index (χ4n) is 2.40. The van der Waals surface area contributed by atoms with Gasteiger partial charge < -0.3 is 10.2 Å². The largest absolute Gasteiger partial charge is 0.338 e. The van der Waals surface area contributed by atoms with E-state index >= 15 is 0 Å². The molecule has 1 N–H and O–H groups in total. The zero-order valence-electron chi connectivity index (χ0n) is 7.71. The van der Waals surface area contributed by atoms with Gasteiger partial charge in [-0.15, -0.1) is 0 Å². The van der Waals surface area contributed by atoms with Gasteiger partial charge in [-0.2, -0.15) is 0 Å². The summed E-state index contributed by atoms with van der Waals surface area (Å²) < 4.78 is 0. The Morgan fingerprint density at radius 2 is 2.42 bits per heavy atom. The molecule has 1 amide bonds. The van der Waals surface area contributed by atoms with Crippen molar-refractivity contribution in [2.45, 2.75) is 19.4 Å². The fourth-order valence-corrected chi connectivity index (χ4v) is 2.40. The van der Waals surface area contributed by atoms with Crippen LogP contribution in [-0.4, -0.2) is 37.0 Å². The van der Waals surface area contributed by atoms with Gasteiger partial charge in [0.05, 0.1) is 0 Å². The zero-order chi connectivity index (χ0) is 8.72. The Labute approximate surface area is 73.1 Å². The van der Waals surface area contributed by atoms with Gasteiger partial charge in [-0.1, -0.05) is 0 Å². The number of fused-ring (bicyclic) bond motifs is 1. The van der Waals surface area contributed by atoms with Crippen LogP contribution in [0.25, 0.3) is 0 Å². The summed E-state index contributed by atoms with van der Waals surface area (Å²) in [5.74, 6) is 1.87. The van der Waals surface area contributed by atoms with Crippen LogP contribution in [-0.2, 0) is 4.79 Å². The molecule has 0 aromatic heterocycles. The SMILES string of the molecule is CNCC1C2CC2CN1C(C)=O. The van der Waals surface area contributed by atoms with Crippen LogP contribution < -0.4 is 5.32 Å². The van der Waals surface area contributed by atoms with Crippen LogP contribution in [0.2, 0.25) is 0 Å². The predicted molar refractivity (Wildman–Crippen MR) is 46.7 cm³/mol. The van der Waals surface area contributed by atoms with Crippen LogP contribution in [0.15, 0.2) is 0 Å². The molecule has 0 spiro atoms. The minimum Gasteiger partial charge on any atom is -0.338 e. The van der Waals surface area contributed by atoms with Crippen molar-refractivity contribution in [1.82, 2.24) is 10.2 Å². The first kappa shape index (κ1) is 8.05. The molecule has 3 heteroatoms. The molecule has 68 valence electrons. The minimum atomic E-state index is 0.238. The van der Waals surface area contributed by atoms with Gasteiger partial charge in [-0.05, 0) is 25.3 Å². The molecule has 2 rings (SSSR count). The van der Waals surface area contributed by atoms with E-state index in [-0.39, 0.29) is 5.91 Å². The maximum absolute atomic E-state index is 11.2. The molecule has 1 saturated carbocycles. The normalized spacial score (nSPS) is 38.2. The highest BCUT2D eigenvalue weighted by Crippen LogP contribution is 2.49.